The van der Waals surface area contributed by atoms with Gasteiger partial charge in [-0.05, 0) is 37.5 Å². The maximum absolute atomic E-state index is 13.8. The first kappa shape index (κ1) is 16.1. The number of benzene rings is 1. The molecule has 0 unspecified atom stereocenters. The van der Waals surface area contributed by atoms with Gasteiger partial charge >= 0.3 is 0 Å². The minimum Gasteiger partial charge on any atom is -0.392 e. The summed E-state index contributed by atoms with van der Waals surface area (Å²) in [5.74, 6) is -0.853. The molecule has 4 nitrogen and oxygen atoms in total. The topological polar surface area (TPSA) is 66.4 Å². The van der Waals surface area contributed by atoms with Crippen LogP contribution in [0, 0.1) is 5.82 Å². The Labute approximate surface area is 113 Å². The van der Waals surface area contributed by atoms with Crippen molar-refractivity contribution in [3.8, 4) is 0 Å². The highest BCUT2D eigenvalue weighted by molar-refractivity contribution is 7.89. The minimum atomic E-state index is -3.90. The maximum atomic E-state index is 13.8. The fourth-order valence-electron chi connectivity index (χ4n) is 1.63. The summed E-state index contributed by atoms with van der Waals surface area (Å²) in [5.41, 5.74) is -0.258. The van der Waals surface area contributed by atoms with Crippen LogP contribution in [0.3, 0.4) is 0 Å². The molecule has 0 aliphatic carbocycles. The van der Waals surface area contributed by atoms with Crippen molar-refractivity contribution in [2.45, 2.75) is 50.7 Å². The second-order valence-corrected chi connectivity index (χ2v) is 6.45. The summed E-state index contributed by atoms with van der Waals surface area (Å²) in [6, 6.07) is 3.60. The van der Waals surface area contributed by atoms with Gasteiger partial charge in [0.15, 0.2) is 0 Å². The number of rotatable bonds is 6. The van der Waals surface area contributed by atoms with Crippen LogP contribution in [0.4, 0.5) is 4.39 Å². The summed E-state index contributed by atoms with van der Waals surface area (Å²) in [7, 11) is -3.90. The zero-order valence-corrected chi connectivity index (χ0v) is 12.2. The van der Waals surface area contributed by atoms with E-state index in [-0.39, 0.29) is 6.61 Å². The van der Waals surface area contributed by atoms with Gasteiger partial charge < -0.3 is 5.11 Å². The Morgan fingerprint density at radius 3 is 2.32 bits per heavy atom. The molecule has 2 N–H and O–H groups in total. The molecule has 0 aliphatic rings. The largest absolute Gasteiger partial charge is 0.392 e. The molecule has 0 aromatic heterocycles. The molecule has 19 heavy (non-hydrogen) atoms. The van der Waals surface area contributed by atoms with Crippen molar-refractivity contribution in [3.63, 3.8) is 0 Å². The Hall–Kier alpha value is -0.980. The van der Waals surface area contributed by atoms with Crippen LogP contribution < -0.4 is 4.72 Å². The number of aliphatic hydroxyl groups excluding tert-OH is 1. The molecule has 1 aromatic carbocycles. The van der Waals surface area contributed by atoms with Gasteiger partial charge in [0.25, 0.3) is 0 Å². The van der Waals surface area contributed by atoms with Gasteiger partial charge in [-0.25, -0.2) is 17.5 Å². The zero-order chi connectivity index (χ0) is 14.7. The molecule has 0 fully saturated rings. The van der Waals surface area contributed by atoms with Crippen LogP contribution in [0.25, 0.3) is 0 Å². The van der Waals surface area contributed by atoms with Crippen LogP contribution in [0.1, 0.15) is 39.2 Å². The standard InChI is InChI=1S/C13H20FNO3S/c1-4-13(3,5-2)15-19(17,18)12-7-6-10(9-16)8-11(12)14/h6-8,15-16H,4-5,9H2,1-3H3. The summed E-state index contributed by atoms with van der Waals surface area (Å²) in [5, 5.41) is 8.89. The van der Waals surface area contributed by atoms with E-state index in [1.54, 1.807) is 6.92 Å². The van der Waals surface area contributed by atoms with Crippen molar-refractivity contribution in [2.75, 3.05) is 0 Å². The third-order valence-corrected chi connectivity index (χ3v) is 5.08. The van der Waals surface area contributed by atoms with Gasteiger partial charge in [0.2, 0.25) is 10.0 Å². The van der Waals surface area contributed by atoms with Crippen LogP contribution >= 0.6 is 0 Å². The van der Waals surface area contributed by atoms with Gasteiger partial charge in [-0.2, -0.15) is 0 Å². The van der Waals surface area contributed by atoms with Crippen molar-refractivity contribution < 1.29 is 17.9 Å². The van der Waals surface area contributed by atoms with Crippen molar-refractivity contribution in [2.24, 2.45) is 0 Å². The lowest BCUT2D eigenvalue weighted by Crippen LogP contribution is -2.45. The zero-order valence-electron chi connectivity index (χ0n) is 11.4. The Balaban J connectivity index is 3.14. The van der Waals surface area contributed by atoms with E-state index in [1.165, 1.54) is 12.1 Å². The molecule has 0 heterocycles. The highest BCUT2D eigenvalue weighted by atomic mass is 32.2. The van der Waals surface area contributed by atoms with Crippen LogP contribution in [-0.4, -0.2) is 19.1 Å². The first-order valence-electron chi connectivity index (χ1n) is 6.21. The smallest absolute Gasteiger partial charge is 0.243 e. The van der Waals surface area contributed by atoms with Gasteiger partial charge in [0.1, 0.15) is 10.7 Å². The molecular weight excluding hydrogens is 269 g/mol. The van der Waals surface area contributed by atoms with E-state index < -0.39 is 26.3 Å². The number of aliphatic hydroxyl groups is 1. The molecule has 108 valence electrons. The van der Waals surface area contributed by atoms with Gasteiger partial charge in [0, 0.05) is 5.54 Å². The van der Waals surface area contributed by atoms with Crippen LogP contribution in [0.5, 0.6) is 0 Å². The molecule has 0 saturated carbocycles. The van der Waals surface area contributed by atoms with Crippen LogP contribution in [0.2, 0.25) is 0 Å². The molecule has 0 radical (unpaired) electrons. The van der Waals surface area contributed by atoms with E-state index >= 15 is 0 Å². The summed E-state index contributed by atoms with van der Waals surface area (Å²) >= 11 is 0. The van der Waals surface area contributed by atoms with Gasteiger partial charge in [-0.1, -0.05) is 19.9 Å². The molecule has 0 bridgehead atoms. The SMILES string of the molecule is CCC(C)(CC)NS(=O)(=O)c1ccc(CO)cc1F. The number of hydrogen-bond donors (Lipinski definition) is 2. The van der Waals surface area contributed by atoms with Gasteiger partial charge in [-0.3, -0.25) is 0 Å². The first-order chi connectivity index (χ1) is 8.78. The van der Waals surface area contributed by atoms with Crippen LogP contribution in [-0.2, 0) is 16.6 Å². The Bertz CT molecular complexity index is 539. The molecular formula is C13H20FNO3S. The predicted molar refractivity (Wildman–Crippen MR) is 71.6 cm³/mol. The van der Waals surface area contributed by atoms with E-state index in [2.05, 4.69) is 4.72 Å². The van der Waals surface area contributed by atoms with E-state index in [0.717, 1.165) is 6.07 Å². The molecule has 1 rings (SSSR count). The second kappa shape index (κ2) is 5.98. The normalized spacial score (nSPS) is 12.7. The highest BCUT2D eigenvalue weighted by Crippen LogP contribution is 2.21. The summed E-state index contributed by atoms with van der Waals surface area (Å²) in [6.07, 6.45) is 1.22. The molecule has 6 heteroatoms. The minimum absolute atomic E-state index is 0.327. The van der Waals surface area contributed by atoms with Crippen LogP contribution in [0.15, 0.2) is 23.1 Å². The van der Waals surface area contributed by atoms with Gasteiger partial charge in [-0.15, -0.1) is 0 Å². The molecule has 0 amide bonds. The predicted octanol–water partition coefficient (Wildman–Crippen LogP) is 2.17. The van der Waals surface area contributed by atoms with E-state index in [9.17, 15) is 12.8 Å². The Morgan fingerprint density at radius 2 is 1.89 bits per heavy atom. The Morgan fingerprint density at radius 1 is 1.32 bits per heavy atom. The fraction of sp³-hybridized carbons (Fsp3) is 0.538. The molecule has 0 saturated heterocycles. The molecule has 0 atom stereocenters. The third-order valence-electron chi connectivity index (χ3n) is 3.41. The Kier molecular flexibility index (Phi) is 5.06. The highest BCUT2D eigenvalue weighted by Gasteiger charge is 2.29. The average molecular weight is 289 g/mol. The monoisotopic (exact) mass is 289 g/mol. The lowest BCUT2D eigenvalue weighted by Gasteiger charge is -2.27. The maximum Gasteiger partial charge on any atom is 0.243 e. The number of sulfonamides is 1. The van der Waals surface area contributed by atoms with Crippen molar-refractivity contribution in [1.29, 1.82) is 0 Å². The van der Waals surface area contributed by atoms with Gasteiger partial charge in [0.05, 0.1) is 6.61 Å². The van der Waals surface area contributed by atoms with Crippen molar-refractivity contribution in [1.82, 2.24) is 4.72 Å². The number of nitrogens with one attached hydrogen (secondary N) is 1. The molecule has 1 aromatic rings. The van der Waals surface area contributed by atoms with Crippen molar-refractivity contribution >= 4 is 10.0 Å². The lowest BCUT2D eigenvalue weighted by atomic mass is 9.98. The first-order valence-corrected chi connectivity index (χ1v) is 7.69. The summed E-state index contributed by atoms with van der Waals surface area (Å²) in [4.78, 5) is -0.391. The number of halogens is 1. The summed E-state index contributed by atoms with van der Waals surface area (Å²) < 4.78 is 40.7. The van der Waals surface area contributed by atoms with E-state index in [1.807, 2.05) is 13.8 Å². The van der Waals surface area contributed by atoms with E-state index in [0.29, 0.717) is 18.4 Å². The molecule has 0 spiro atoms. The van der Waals surface area contributed by atoms with Crippen molar-refractivity contribution in [3.05, 3.63) is 29.6 Å². The third kappa shape index (κ3) is 3.75. The average Bonchev–Trinajstić information content (AvgIpc) is 2.37. The second-order valence-electron chi connectivity index (χ2n) is 4.80. The fourth-order valence-corrected chi connectivity index (χ4v) is 3.24. The quantitative estimate of drug-likeness (QED) is 0.843. The van der Waals surface area contributed by atoms with E-state index in [4.69, 9.17) is 5.11 Å². The summed E-state index contributed by atoms with van der Waals surface area (Å²) in [6.45, 7) is 5.20. The molecule has 0 aliphatic heterocycles. The lowest BCUT2D eigenvalue weighted by molar-refractivity contribution is 0.281. The number of hydrogen-bond acceptors (Lipinski definition) is 3.